The molecule has 0 saturated heterocycles. The predicted molar refractivity (Wildman–Crippen MR) is 89.5 cm³/mol. The molecule has 1 aromatic rings. The number of carbonyl (C=O) groups excluding carboxylic acids is 1. The highest BCUT2D eigenvalue weighted by Crippen LogP contribution is 2.31. The monoisotopic (exact) mass is 355 g/mol. The Morgan fingerprint density at radius 3 is 2.29 bits per heavy atom. The van der Waals surface area contributed by atoms with Gasteiger partial charge in [0.05, 0.1) is 16.8 Å². The zero-order valence-corrected chi connectivity index (χ0v) is 14.6. The fourth-order valence-corrected chi connectivity index (χ4v) is 2.91. The van der Waals surface area contributed by atoms with Crippen molar-refractivity contribution in [2.24, 2.45) is 0 Å². The molecule has 0 radical (unpaired) electrons. The molecular weight excluding hydrogens is 334 g/mol. The normalized spacial score (nSPS) is 15.0. The van der Waals surface area contributed by atoms with Crippen LogP contribution >= 0.6 is 0 Å². The standard InChI is InChI=1S/C15H21N3O5S/c1-17(2)24(22,23)16-14(19)12-8-7-10(15(20)21)9-13(12)18(3)11-5-4-6-11/h7-9,11H,4-6H2,1-3H3,(H,16,19)(H,20,21). The second-order valence-corrected chi connectivity index (χ2v) is 7.84. The summed E-state index contributed by atoms with van der Waals surface area (Å²) in [5.74, 6) is -1.90. The van der Waals surface area contributed by atoms with E-state index in [9.17, 15) is 18.0 Å². The number of carboxylic acids is 1. The number of hydrogen-bond donors (Lipinski definition) is 2. The lowest BCUT2D eigenvalue weighted by atomic mass is 9.91. The summed E-state index contributed by atoms with van der Waals surface area (Å²) >= 11 is 0. The molecule has 0 atom stereocenters. The Kier molecular flexibility index (Phi) is 5.14. The number of benzene rings is 1. The lowest BCUT2D eigenvalue weighted by Crippen LogP contribution is -2.41. The van der Waals surface area contributed by atoms with Crippen LogP contribution in [0.4, 0.5) is 5.69 Å². The summed E-state index contributed by atoms with van der Waals surface area (Å²) in [5.41, 5.74) is 0.578. The molecule has 1 fully saturated rings. The fourth-order valence-electron chi connectivity index (χ4n) is 2.38. The Labute approximate surface area is 141 Å². The Morgan fingerprint density at radius 2 is 1.83 bits per heavy atom. The van der Waals surface area contributed by atoms with E-state index >= 15 is 0 Å². The van der Waals surface area contributed by atoms with Crippen molar-refractivity contribution in [3.8, 4) is 0 Å². The van der Waals surface area contributed by atoms with Gasteiger partial charge in [0.2, 0.25) is 0 Å². The van der Waals surface area contributed by atoms with Crippen LogP contribution in [0.3, 0.4) is 0 Å². The van der Waals surface area contributed by atoms with Crippen molar-refractivity contribution in [2.75, 3.05) is 26.0 Å². The first kappa shape index (κ1) is 18.2. The minimum absolute atomic E-state index is 0.0446. The zero-order valence-electron chi connectivity index (χ0n) is 13.8. The van der Waals surface area contributed by atoms with Crippen molar-refractivity contribution in [3.05, 3.63) is 29.3 Å². The van der Waals surface area contributed by atoms with Crippen LogP contribution in [-0.2, 0) is 10.2 Å². The molecule has 1 aliphatic rings. The number of hydrogen-bond acceptors (Lipinski definition) is 5. The van der Waals surface area contributed by atoms with Crippen LogP contribution in [0.2, 0.25) is 0 Å². The smallest absolute Gasteiger partial charge is 0.335 e. The summed E-state index contributed by atoms with van der Waals surface area (Å²) in [5, 5.41) is 9.17. The Hall–Kier alpha value is -2.13. The molecule has 132 valence electrons. The molecule has 24 heavy (non-hydrogen) atoms. The quantitative estimate of drug-likeness (QED) is 0.785. The van der Waals surface area contributed by atoms with Gasteiger partial charge in [-0.3, -0.25) is 4.79 Å². The third-order valence-electron chi connectivity index (χ3n) is 4.19. The molecule has 2 N–H and O–H groups in total. The zero-order chi connectivity index (χ0) is 18.1. The van der Waals surface area contributed by atoms with Crippen molar-refractivity contribution in [2.45, 2.75) is 25.3 Å². The van der Waals surface area contributed by atoms with Crippen LogP contribution in [0.5, 0.6) is 0 Å². The fraction of sp³-hybridized carbons (Fsp3) is 0.467. The van der Waals surface area contributed by atoms with E-state index in [1.54, 1.807) is 7.05 Å². The third kappa shape index (κ3) is 3.68. The predicted octanol–water partition coefficient (Wildman–Crippen LogP) is 0.910. The number of aromatic carboxylic acids is 1. The Bertz CT molecular complexity index is 756. The number of anilines is 1. The van der Waals surface area contributed by atoms with Crippen molar-refractivity contribution < 1.29 is 23.1 Å². The molecule has 1 saturated carbocycles. The molecule has 0 unspecified atom stereocenters. The van der Waals surface area contributed by atoms with Crippen LogP contribution in [-0.4, -0.2) is 56.9 Å². The minimum atomic E-state index is -3.93. The van der Waals surface area contributed by atoms with Crippen molar-refractivity contribution in [1.82, 2.24) is 9.03 Å². The highest BCUT2D eigenvalue weighted by molar-refractivity contribution is 7.87. The maximum Gasteiger partial charge on any atom is 0.335 e. The first-order chi connectivity index (χ1) is 11.1. The van der Waals surface area contributed by atoms with Crippen LogP contribution in [0.1, 0.15) is 40.0 Å². The Balaban J connectivity index is 2.40. The summed E-state index contributed by atoms with van der Waals surface area (Å²) in [4.78, 5) is 25.5. The molecule has 0 spiro atoms. The van der Waals surface area contributed by atoms with E-state index < -0.39 is 22.1 Å². The number of rotatable bonds is 6. The third-order valence-corrected chi connectivity index (χ3v) is 5.60. The van der Waals surface area contributed by atoms with Gasteiger partial charge in [0, 0.05) is 27.2 Å². The van der Waals surface area contributed by atoms with Crippen LogP contribution in [0.15, 0.2) is 18.2 Å². The average Bonchev–Trinajstić information content (AvgIpc) is 2.43. The highest BCUT2D eigenvalue weighted by Gasteiger charge is 2.27. The molecule has 0 aromatic heterocycles. The molecule has 8 nitrogen and oxygen atoms in total. The van der Waals surface area contributed by atoms with Gasteiger partial charge in [0.1, 0.15) is 0 Å². The van der Waals surface area contributed by atoms with Crippen molar-refractivity contribution >= 4 is 27.8 Å². The van der Waals surface area contributed by atoms with Gasteiger partial charge in [-0.1, -0.05) is 0 Å². The number of amides is 1. The lowest BCUT2D eigenvalue weighted by Gasteiger charge is -2.37. The summed E-state index contributed by atoms with van der Waals surface area (Å²) < 4.78 is 26.6. The molecule has 1 aromatic carbocycles. The number of carbonyl (C=O) groups is 2. The van der Waals surface area contributed by atoms with Gasteiger partial charge in [-0.15, -0.1) is 0 Å². The molecule has 1 amide bonds. The van der Waals surface area contributed by atoms with E-state index in [1.807, 2.05) is 9.62 Å². The van der Waals surface area contributed by atoms with Gasteiger partial charge in [-0.2, -0.15) is 12.7 Å². The van der Waals surface area contributed by atoms with E-state index in [1.165, 1.54) is 32.3 Å². The molecule has 0 aliphatic heterocycles. The molecular formula is C15H21N3O5S. The minimum Gasteiger partial charge on any atom is -0.478 e. The Morgan fingerprint density at radius 1 is 1.21 bits per heavy atom. The highest BCUT2D eigenvalue weighted by atomic mass is 32.2. The van der Waals surface area contributed by atoms with Gasteiger partial charge in [0.15, 0.2) is 0 Å². The molecule has 0 heterocycles. The largest absolute Gasteiger partial charge is 0.478 e. The summed E-state index contributed by atoms with van der Waals surface area (Å²) in [6.07, 6.45) is 2.97. The first-order valence-corrected chi connectivity index (χ1v) is 8.92. The first-order valence-electron chi connectivity index (χ1n) is 7.48. The van der Waals surface area contributed by atoms with Crippen LogP contribution < -0.4 is 9.62 Å². The van der Waals surface area contributed by atoms with E-state index in [4.69, 9.17) is 5.11 Å². The maximum atomic E-state index is 12.4. The van der Waals surface area contributed by atoms with Crippen LogP contribution in [0.25, 0.3) is 0 Å². The average molecular weight is 355 g/mol. The van der Waals surface area contributed by atoms with Gasteiger partial charge < -0.3 is 10.0 Å². The summed E-state index contributed by atoms with van der Waals surface area (Å²) in [6.45, 7) is 0. The van der Waals surface area contributed by atoms with Crippen LogP contribution in [0, 0.1) is 0 Å². The molecule has 1 aliphatic carbocycles. The van der Waals surface area contributed by atoms with E-state index in [2.05, 4.69) is 0 Å². The number of nitrogens with zero attached hydrogens (tertiary/aromatic N) is 2. The lowest BCUT2D eigenvalue weighted by molar-refractivity contribution is 0.0696. The topological polar surface area (TPSA) is 107 Å². The molecule has 2 rings (SSSR count). The number of carboxylic acid groups (broad SMARTS) is 1. The van der Waals surface area contributed by atoms with E-state index in [-0.39, 0.29) is 17.2 Å². The van der Waals surface area contributed by atoms with Gasteiger partial charge in [0.25, 0.3) is 5.91 Å². The van der Waals surface area contributed by atoms with E-state index in [0.29, 0.717) is 5.69 Å². The number of nitrogens with one attached hydrogen (secondary N) is 1. The maximum absolute atomic E-state index is 12.4. The summed E-state index contributed by atoms with van der Waals surface area (Å²) in [6, 6.07) is 4.25. The van der Waals surface area contributed by atoms with Gasteiger partial charge >= 0.3 is 16.2 Å². The van der Waals surface area contributed by atoms with Crippen molar-refractivity contribution in [1.29, 1.82) is 0 Å². The second-order valence-electron chi connectivity index (χ2n) is 5.95. The SMILES string of the molecule is CN(c1cc(C(=O)O)ccc1C(=O)NS(=O)(=O)N(C)C)C1CCC1. The van der Waals surface area contributed by atoms with E-state index in [0.717, 1.165) is 23.6 Å². The molecule has 0 bridgehead atoms. The second kappa shape index (κ2) is 6.78. The van der Waals surface area contributed by atoms with Crippen molar-refractivity contribution in [3.63, 3.8) is 0 Å². The van der Waals surface area contributed by atoms with Gasteiger partial charge in [-0.25, -0.2) is 9.52 Å². The van der Waals surface area contributed by atoms with Gasteiger partial charge in [-0.05, 0) is 37.5 Å². The molecule has 9 heteroatoms. The summed E-state index contributed by atoms with van der Waals surface area (Å²) in [7, 11) is 0.473.